The summed E-state index contributed by atoms with van der Waals surface area (Å²) in [5.74, 6) is -0.556. The lowest BCUT2D eigenvalue weighted by molar-refractivity contribution is 0.0627. The Kier molecular flexibility index (Phi) is 6.58. The number of rotatable bonds is 5. The Bertz CT molecular complexity index is 986. The molecule has 1 fully saturated rings. The Balaban J connectivity index is 1.66. The number of nitrogens with zero attached hydrogens (tertiary/aromatic N) is 3. The molecule has 6 nitrogen and oxygen atoms in total. The summed E-state index contributed by atoms with van der Waals surface area (Å²) in [5, 5.41) is 0.391. The lowest BCUT2D eigenvalue weighted by Crippen LogP contribution is -2.48. The number of sulfonamides is 1. The van der Waals surface area contributed by atoms with Gasteiger partial charge in [-0.25, -0.2) is 17.1 Å². The molecule has 2 aromatic rings. The normalized spacial score (nSPS) is 15.7. The molecule has 0 atom stereocenters. The Morgan fingerprint density at radius 1 is 1.10 bits per heavy atom. The Morgan fingerprint density at radius 3 is 2.38 bits per heavy atom. The Hall–Kier alpha value is -2.00. The van der Waals surface area contributed by atoms with E-state index in [1.807, 2.05) is 4.90 Å². The molecule has 0 aliphatic carbocycles. The first-order chi connectivity index (χ1) is 13.7. The van der Waals surface area contributed by atoms with E-state index in [1.54, 1.807) is 29.2 Å². The van der Waals surface area contributed by atoms with Crippen LogP contribution in [0.2, 0.25) is 5.02 Å². The molecular formula is C20H23ClFN3O3S. The van der Waals surface area contributed by atoms with E-state index in [9.17, 15) is 17.6 Å². The van der Waals surface area contributed by atoms with Crippen LogP contribution in [0.1, 0.15) is 15.9 Å². The summed E-state index contributed by atoms with van der Waals surface area (Å²) in [4.78, 5) is 16.6. The van der Waals surface area contributed by atoms with Crippen LogP contribution in [0, 0.1) is 5.82 Å². The van der Waals surface area contributed by atoms with Gasteiger partial charge in [0, 0.05) is 63.0 Å². The summed E-state index contributed by atoms with van der Waals surface area (Å²) in [7, 11) is -0.710. The van der Waals surface area contributed by atoms with E-state index < -0.39 is 10.0 Å². The van der Waals surface area contributed by atoms with Crippen LogP contribution in [0.3, 0.4) is 0 Å². The number of benzene rings is 2. The smallest absolute Gasteiger partial charge is 0.253 e. The third-order valence-electron chi connectivity index (χ3n) is 4.96. The first-order valence-electron chi connectivity index (χ1n) is 9.17. The predicted molar refractivity (Wildman–Crippen MR) is 110 cm³/mol. The van der Waals surface area contributed by atoms with Crippen molar-refractivity contribution >= 4 is 27.5 Å². The SMILES string of the molecule is CN(C)S(=O)(=O)c1cccc(C(=O)N2CCN(Cc3c(F)cccc3Cl)CC2)c1. The van der Waals surface area contributed by atoms with Crippen molar-refractivity contribution in [1.29, 1.82) is 0 Å². The average Bonchev–Trinajstić information content (AvgIpc) is 2.71. The van der Waals surface area contributed by atoms with Crippen LogP contribution in [-0.4, -0.2) is 68.7 Å². The van der Waals surface area contributed by atoms with Crippen LogP contribution in [-0.2, 0) is 16.6 Å². The van der Waals surface area contributed by atoms with E-state index in [4.69, 9.17) is 11.6 Å². The fraction of sp³-hybridized carbons (Fsp3) is 0.350. The maximum absolute atomic E-state index is 14.0. The van der Waals surface area contributed by atoms with Gasteiger partial charge in [-0.15, -0.1) is 0 Å². The highest BCUT2D eigenvalue weighted by Crippen LogP contribution is 2.22. The van der Waals surface area contributed by atoms with E-state index in [-0.39, 0.29) is 16.6 Å². The van der Waals surface area contributed by atoms with Crippen molar-refractivity contribution in [2.24, 2.45) is 0 Å². The van der Waals surface area contributed by atoms with Gasteiger partial charge in [0.2, 0.25) is 10.0 Å². The summed E-state index contributed by atoms with van der Waals surface area (Å²) < 4.78 is 39.7. The first-order valence-corrected chi connectivity index (χ1v) is 11.0. The number of carbonyl (C=O) groups excluding carboxylic acids is 1. The van der Waals surface area contributed by atoms with Crippen LogP contribution >= 0.6 is 11.6 Å². The molecule has 1 amide bonds. The van der Waals surface area contributed by atoms with E-state index >= 15 is 0 Å². The Morgan fingerprint density at radius 2 is 1.76 bits per heavy atom. The molecule has 29 heavy (non-hydrogen) atoms. The monoisotopic (exact) mass is 439 g/mol. The lowest BCUT2D eigenvalue weighted by atomic mass is 10.1. The van der Waals surface area contributed by atoms with E-state index in [2.05, 4.69) is 0 Å². The molecule has 3 rings (SSSR count). The van der Waals surface area contributed by atoms with Crippen LogP contribution < -0.4 is 0 Å². The van der Waals surface area contributed by atoms with Crippen molar-refractivity contribution in [3.8, 4) is 0 Å². The van der Waals surface area contributed by atoms with Gasteiger partial charge in [0.1, 0.15) is 5.82 Å². The minimum Gasteiger partial charge on any atom is -0.336 e. The quantitative estimate of drug-likeness (QED) is 0.718. The minimum absolute atomic E-state index is 0.0844. The molecule has 9 heteroatoms. The van der Waals surface area contributed by atoms with Crippen molar-refractivity contribution in [3.05, 3.63) is 64.4 Å². The summed E-state index contributed by atoms with van der Waals surface area (Å²) in [5.41, 5.74) is 0.786. The van der Waals surface area contributed by atoms with Gasteiger partial charge in [-0.1, -0.05) is 23.7 Å². The molecule has 0 spiro atoms. The van der Waals surface area contributed by atoms with Crippen LogP contribution in [0.5, 0.6) is 0 Å². The molecule has 1 aliphatic heterocycles. The van der Waals surface area contributed by atoms with Gasteiger partial charge in [0.15, 0.2) is 0 Å². The van der Waals surface area contributed by atoms with Gasteiger partial charge in [0.05, 0.1) is 4.90 Å². The number of piperazine rings is 1. The second-order valence-corrected chi connectivity index (χ2v) is 9.64. The van der Waals surface area contributed by atoms with E-state index in [1.165, 1.54) is 32.3 Å². The molecule has 0 unspecified atom stereocenters. The van der Waals surface area contributed by atoms with Crippen molar-refractivity contribution in [3.63, 3.8) is 0 Å². The molecule has 0 N–H and O–H groups in total. The minimum atomic E-state index is -3.61. The highest BCUT2D eigenvalue weighted by molar-refractivity contribution is 7.89. The van der Waals surface area contributed by atoms with Crippen LogP contribution in [0.25, 0.3) is 0 Å². The molecule has 1 aliphatic rings. The lowest BCUT2D eigenvalue weighted by Gasteiger charge is -2.35. The number of carbonyl (C=O) groups is 1. The highest BCUT2D eigenvalue weighted by Gasteiger charge is 2.25. The average molecular weight is 440 g/mol. The molecule has 0 saturated carbocycles. The molecule has 156 valence electrons. The van der Waals surface area contributed by atoms with Gasteiger partial charge >= 0.3 is 0 Å². The predicted octanol–water partition coefficient (Wildman–Crippen LogP) is 2.69. The van der Waals surface area contributed by atoms with E-state index in [0.717, 1.165) is 4.31 Å². The third kappa shape index (κ3) is 4.78. The third-order valence-corrected chi connectivity index (χ3v) is 7.13. The standard InChI is InChI=1S/C20H23ClFN3O3S/c1-23(2)29(27,28)16-6-3-5-15(13-16)20(26)25-11-9-24(10-12-25)14-17-18(21)7-4-8-19(17)22/h3-8,13H,9-12,14H2,1-2H3. The van der Waals surface area contributed by atoms with Crippen molar-refractivity contribution in [2.45, 2.75) is 11.4 Å². The van der Waals surface area contributed by atoms with Crippen molar-refractivity contribution in [2.75, 3.05) is 40.3 Å². The summed E-state index contributed by atoms with van der Waals surface area (Å²) in [6.07, 6.45) is 0. The topological polar surface area (TPSA) is 60.9 Å². The van der Waals surface area contributed by atoms with E-state index in [0.29, 0.717) is 48.9 Å². The maximum Gasteiger partial charge on any atom is 0.253 e. The number of hydrogen-bond acceptors (Lipinski definition) is 4. The summed E-state index contributed by atoms with van der Waals surface area (Å²) in [6, 6.07) is 10.7. The van der Waals surface area contributed by atoms with Gasteiger partial charge in [-0.05, 0) is 30.3 Å². The maximum atomic E-state index is 14.0. The van der Waals surface area contributed by atoms with Crippen LogP contribution in [0.4, 0.5) is 4.39 Å². The molecule has 1 heterocycles. The fourth-order valence-electron chi connectivity index (χ4n) is 3.20. The van der Waals surface area contributed by atoms with Gasteiger partial charge in [-0.3, -0.25) is 9.69 Å². The first kappa shape index (κ1) is 21.7. The molecule has 0 radical (unpaired) electrons. The molecule has 2 aromatic carbocycles. The van der Waals surface area contributed by atoms with Crippen LogP contribution in [0.15, 0.2) is 47.4 Å². The highest BCUT2D eigenvalue weighted by atomic mass is 35.5. The molecule has 1 saturated heterocycles. The van der Waals surface area contributed by atoms with Gasteiger partial charge in [0.25, 0.3) is 5.91 Å². The van der Waals surface area contributed by atoms with Crippen molar-refractivity contribution in [1.82, 2.24) is 14.1 Å². The van der Waals surface area contributed by atoms with Gasteiger partial charge < -0.3 is 4.90 Å². The largest absolute Gasteiger partial charge is 0.336 e. The second kappa shape index (κ2) is 8.79. The summed E-state index contributed by atoms with van der Waals surface area (Å²) >= 11 is 6.10. The molecule has 0 aromatic heterocycles. The zero-order valence-electron chi connectivity index (χ0n) is 16.3. The Labute approximate surface area is 175 Å². The zero-order chi connectivity index (χ0) is 21.2. The summed E-state index contributed by atoms with van der Waals surface area (Å²) in [6.45, 7) is 2.47. The zero-order valence-corrected chi connectivity index (χ0v) is 17.9. The van der Waals surface area contributed by atoms with Gasteiger partial charge in [-0.2, -0.15) is 0 Å². The van der Waals surface area contributed by atoms with Crippen molar-refractivity contribution < 1.29 is 17.6 Å². The fourth-order valence-corrected chi connectivity index (χ4v) is 4.37. The number of hydrogen-bond donors (Lipinski definition) is 0. The number of halogens is 2. The molecular weight excluding hydrogens is 417 g/mol. The molecule has 0 bridgehead atoms. The second-order valence-electron chi connectivity index (χ2n) is 7.08. The number of amides is 1.